The summed E-state index contributed by atoms with van der Waals surface area (Å²) >= 11 is 0. The lowest BCUT2D eigenvalue weighted by Gasteiger charge is -2.14. The SMILES string of the molecule is C#CC#CC#CC#CC.C=CC/C=C\C/C=C\CCCCCCCc1cccc([O-])c1C(=O)O.CC#CC#CC#CC.CCC/C=C\C/C=C\CCCCCCCc1cccc([O-])c1C(=O)O.CCCCCC/C=C\CCCCCCCc1cccc([O-])c1C(=O)O.CCCCCCCCCCCCCCCc1cccc([O-])c1C(=O)O. The number of carbonyl (C=O) groups is 4. The van der Waals surface area contributed by atoms with Crippen LogP contribution in [0.4, 0.5) is 0 Å². The molecule has 4 rings (SSSR count). The number of rotatable bonds is 55. The van der Waals surface area contributed by atoms with Gasteiger partial charge in [0.05, 0.1) is 22.3 Å². The summed E-state index contributed by atoms with van der Waals surface area (Å²) < 4.78 is 0. The third kappa shape index (κ3) is 64.2. The van der Waals surface area contributed by atoms with Crippen LogP contribution in [0.3, 0.4) is 0 Å². The third-order valence-corrected chi connectivity index (χ3v) is 18.6. The average Bonchev–Trinajstić information content (AvgIpc) is 0.868. The van der Waals surface area contributed by atoms with E-state index in [-0.39, 0.29) is 39.5 Å². The minimum atomic E-state index is -1.12. The van der Waals surface area contributed by atoms with E-state index >= 15 is 0 Å². The number of hydrogen-bond donors (Lipinski definition) is 4. The maximum atomic E-state index is 11.6. The first-order valence-electron chi connectivity index (χ1n) is 43.1. The number of aromatic carboxylic acids is 4. The van der Waals surface area contributed by atoms with E-state index < -0.39 is 29.6 Å². The Morgan fingerprint density at radius 3 is 0.778 bits per heavy atom. The maximum Gasteiger partial charge on any atom is 0.335 e. The highest BCUT2D eigenvalue weighted by Gasteiger charge is 2.14. The van der Waals surface area contributed by atoms with Crippen LogP contribution in [0.1, 0.15) is 368 Å². The highest BCUT2D eigenvalue weighted by Crippen LogP contribution is 2.26. The van der Waals surface area contributed by atoms with E-state index in [0.29, 0.717) is 47.9 Å². The molecule has 0 unspecified atom stereocenters. The Morgan fingerprint density at radius 1 is 0.299 bits per heavy atom. The summed E-state index contributed by atoms with van der Waals surface area (Å²) in [7, 11) is 0. The molecule has 0 fully saturated rings. The predicted octanol–water partition coefficient (Wildman–Crippen LogP) is 24.7. The van der Waals surface area contributed by atoms with Crippen LogP contribution in [0, 0.1) is 83.4 Å². The molecule has 12 nitrogen and oxygen atoms in total. The van der Waals surface area contributed by atoms with Crippen molar-refractivity contribution in [2.75, 3.05) is 0 Å². The molecule has 4 aromatic rings. The zero-order valence-electron chi connectivity index (χ0n) is 71.9. The molecule has 0 saturated heterocycles. The number of benzene rings is 4. The largest absolute Gasteiger partial charge is 0.872 e. The van der Waals surface area contributed by atoms with Gasteiger partial charge >= 0.3 is 23.9 Å². The second-order valence-electron chi connectivity index (χ2n) is 28.3. The van der Waals surface area contributed by atoms with Gasteiger partial charge in [-0.05, 0) is 231 Å². The number of allylic oxidation sites excluding steroid dienone is 11. The van der Waals surface area contributed by atoms with Crippen LogP contribution in [-0.4, -0.2) is 44.3 Å². The standard InChI is InChI=1S/C22H36O3.C22H34O3.C22H32O3.C22H30O3.C9H4.C8H6/c4*1-2-3-4-5-6-7-8-9-10-11-12-13-14-16-19-17-15-18-20(23)21(19)22(24)25;1-3-5-7-9-8-6-4-2;1-3-5-7-8-6-4-2/h15,17-18,23H,2-14,16H2,1H3,(H,24,25);7-8,15,17-18,23H,2-6,9-14,16H2,1H3,(H,24,25);4-5,7-8,15,17-18,23H,2-3,6,9-14,16H2,1H3,(H,24,25);2,4-5,7-8,15,17-18,23H,1,3,6,9-14,16H2,(H,24,25);1H,2H3;1-2H3/p-4/b;8-7-;2*5-4-,8-7-;;. The monoisotopic (exact) mass is 1590 g/mol. The fourth-order valence-corrected chi connectivity index (χ4v) is 12.3. The van der Waals surface area contributed by atoms with Crippen molar-refractivity contribution in [1.82, 2.24) is 0 Å². The van der Waals surface area contributed by atoms with E-state index in [1.807, 2.05) is 6.08 Å². The average molecular weight is 1590 g/mol. The Morgan fingerprint density at radius 2 is 0.521 bits per heavy atom. The van der Waals surface area contributed by atoms with Crippen molar-refractivity contribution in [2.45, 2.75) is 330 Å². The van der Waals surface area contributed by atoms with Gasteiger partial charge < -0.3 is 40.9 Å². The van der Waals surface area contributed by atoms with E-state index in [1.165, 1.54) is 185 Å². The van der Waals surface area contributed by atoms with Crippen molar-refractivity contribution in [3.05, 3.63) is 191 Å². The molecule has 0 atom stereocenters. The van der Waals surface area contributed by atoms with Crippen LogP contribution in [0.5, 0.6) is 23.0 Å². The smallest absolute Gasteiger partial charge is 0.335 e. The molecule has 634 valence electrons. The molecule has 0 aromatic heterocycles. The summed E-state index contributed by atoms with van der Waals surface area (Å²) in [5.41, 5.74) is 2.48. The maximum absolute atomic E-state index is 11.6. The van der Waals surface area contributed by atoms with E-state index in [1.54, 1.807) is 69.3 Å². The molecule has 0 spiro atoms. The summed E-state index contributed by atoms with van der Waals surface area (Å²) in [6.45, 7) is 15.6. The summed E-state index contributed by atoms with van der Waals surface area (Å²) in [5, 5.41) is 83.1. The second kappa shape index (κ2) is 81.9. The fraction of sp³-hybridized carbons (Fsp3) is 0.486. The van der Waals surface area contributed by atoms with Crippen molar-refractivity contribution in [3.63, 3.8) is 0 Å². The number of carboxylic acids is 4. The summed E-state index contributed by atoms with van der Waals surface area (Å²) in [4.78, 5) is 44.7. The molecular formula is C105H138O12-4. The number of unbranched alkanes of at least 4 members (excludes halogenated alkanes) is 32. The van der Waals surface area contributed by atoms with Gasteiger partial charge in [0.15, 0.2) is 0 Å². The van der Waals surface area contributed by atoms with Gasteiger partial charge in [-0.15, -0.1) is 13.0 Å². The molecule has 0 bridgehead atoms. The van der Waals surface area contributed by atoms with Gasteiger partial charge in [0.1, 0.15) is 0 Å². The quantitative estimate of drug-likeness (QED) is 0.0183. The Hall–Kier alpha value is -10.7. The first kappa shape index (κ1) is 108. The van der Waals surface area contributed by atoms with Crippen LogP contribution in [0.25, 0.3) is 0 Å². The second-order valence-corrected chi connectivity index (χ2v) is 28.3. The molecule has 0 aliphatic rings. The normalized spacial score (nSPS) is 10.2. The first-order chi connectivity index (χ1) is 57.0. The zero-order valence-corrected chi connectivity index (χ0v) is 71.9. The highest BCUT2D eigenvalue weighted by atomic mass is 16.4. The summed E-state index contributed by atoms with van der Waals surface area (Å²) in [6.07, 6.45) is 80.5. The Balaban J connectivity index is 0. The Bertz CT molecular complexity index is 3920. The number of carboxylic acid groups (broad SMARTS) is 4. The molecule has 0 aliphatic heterocycles. The zero-order chi connectivity index (χ0) is 86.5. The van der Waals surface area contributed by atoms with Crippen LogP contribution >= 0.6 is 0 Å². The molecular weight excluding hydrogens is 1450 g/mol. The van der Waals surface area contributed by atoms with Gasteiger partial charge in [-0.3, -0.25) is 0 Å². The van der Waals surface area contributed by atoms with Gasteiger partial charge in [0.25, 0.3) is 0 Å². The minimum Gasteiger partial charge on any atom is -0.872 e. The topological polar surface area (TPSA) is 241 Å². The number of terminal acetylenes is 1. The van der Waals surface area contributed by atoms with Gasteiger partial charge in [-0.2, -0.15) is 0 Å². The van der Waals surface area contributed by atoms with Gasteiger partial charge in [0.2, 0.25) is 0 Å². The fourth-order valence-electron chi connectivity index (χ4n) is 12.3. The molecule has 12 heteroatoms. The molecule has 0 amide bonds. The van der Waals surface area contributed by atoms with Gasteiger partial charge in [0, 0.05) is 0 Å². The third-order valence-electron chi connectivity index (χ3n) is 18.6. The van der Waals surface area contributed by atoms with Crippen molar-refractivity contribution in [1.29, 1.82) is 0 Å². The van der Waals surface area contributed by atoms with Crippen molar-refractivity contribution >= 4 is 23.9 Å². The molecule has 4 N–H and O–H groups in total. The van der Waals surface area contributed by atoms with E-state index in [4.69, 9.17) is 26.8 Å². The predicted molar refractivity (Wildman–Crippen MR) is 481 cm³/mol. The van der Waals surface area contributed by atoms with E-state index in [0.717, 1.165) is 103 Å². The van der Waals surface area contributed by atoms with Crippen LogP contribution in [0.2, 0.25) is 0 Å². The molecule has 0 aliphatic carbocycles. The lowest BCUT2D eigenvalue weighted by atomic mass is 9.99. The van der Waals surface area contributed by atoms with Gasteiger partial charge in [-0.1, -0.05) is 362 Å². The molecule has 117 heavy (non-hydrogen) atoms. The Kier molecular flexibility index (Phi) is 75.8. The van der Waals surface area contributed by atoms with Crippen molar-refractivity contribution in [3.8, 4) is 106 Å². The highest BCUT2D eigenvalue weighted by molar-refractivity contribution is 5.94. The van der Waals surface area contributed by atoms with Gasteiger partial charge in [-0.25, -0.2) is 19.2 Å². The number of hydrogen-bond acceptors (Lipinski definition) is 8. The van der Waals surface area contributed by atoms with Crippen molar-refractivity contribution < 1.29 is 60.0 Å². The van der Waals surface area contributed by atoms with Crippen LogP contribution in [-0.2, 0) is 25.7 Å². The molecule has 4 aromatic carbocycles. The van der Waals surface area contributed by atoms with E-state index in [2.05, 4.69) is 165 Å². The minimum absolute atomic E-state index is 0.0403. The molecule has 0 radical (unpaired) electrons. The molecule has 0 heterocycles. The number of aryl methyl sites for hydroxylation is 4. The van der Waals surface area contributed by atoms with E-state index in [9.17, 15) is 39.6 Å². The van der Waals surface area contributed by atoms with Crippen LogP contribution < -0.4 is 20.4 Å². The Labute approximate surface area is 707 Å². The summed E-state index contributed by atoms with van der Waals surface area (Å²) in [5.74, 6) is 26.5. The lowest BCUT2D eigenvalue weighted by molar-refractivity contribution is -0.269. The molecule has 0 saturated carbocycles. The lowest BCUT2D eigenvalue weighted by Crippen LogP contribution is -2.08. The van der Waals surface area contributed by atoms with Crippen molar-refractivity contribution in [2.24, 2.45) is 0 Å². The van der Waals surface area contributed by atoms with Crippen LogP contribution in [0.15, 0.2) is 146 Å². The first-order valence-corrected chi connectivity index (χ1v) is 43.1. The summed E-state index contributed by atoms with van der Waals surface area (Å²) in [6, 6.07) is 18.9.